The van der Waals surface area contributed by atoms with E-state index >= 15 is 0 Å². The summed E-state index contributed by atoms with van der Waals surface area (Å²) in [6, 6.07) is 13.5. The number of para-hydroxylation sites is 1. The molecule has 14 heteroatoms. The number of sulfonamides is 1. The summed E-state index contributed by atoms with van der Waals surface area (Å²) in [7, 11) is -4.00. The lowest BCUT2D eigenvalue weighted by Crippen LogP contribution is -2.31. The summed E-state index contributed by atoms with van der Waals surface area (Å²) in [5, 5.41) is 17.1. The van der Waals surface area contributed by atoms with Crippen molar-refractivity contribution in [3.05, 3.63) is 99.5 Å². The second-order valence-electron chi connectivity index (χ2n) is 7.95. The number of carboxylic acids is 1. The van der Waals surface area contributed by atoms with E-state index in [9.17, 15) is 41.1 Å². The van der Waals surface area contributed by atoms with Crippen molar-refractivity contribution in [2.24, 2.45) is 5.14 Å². The Morgan fingerprint density at radius 2 is 1.63 bits per heavy atom. The van der Waals surface area contributed by atoms with Gasteiger partial charge in [-0.3, -0.25) is 14.2 Å². The second kappa shape index (κ2) is 9.72. The lowest BCUT2D eigenvalue weighted by atomic mass is 10.1. The molecule has 10 nitrogen and oxygen atoms in total. The Kier molecular flexibility index (Phi) is 6.78. The Hall–Kier alpha value is -4.56. The number of carboxylic acid groups (broad SMARTS) is 1. The monoisotopic (exact) mass is 546 g/mol. The van der Waals surface area contributed by atoms with Crippen LogP contribution in [0.5, 0.6) is 0 Å². The van der Waals surface area contributed by atoms with Crippen molar-refractivity contribution in [1.82, 2.24) is 14.9 Å². The molecule has 0 radical (unpaired) electrons. The number of nitrogens with two attached hydrogens (primary N) is 1. The Labute approximate surface area is 212 Å². The van der Waals surface area contributed by atoms with Crippen LogP contribution in [0.25, 0.3) is 16.7 Å². The van der Waals surface area contributed by atoms with Gasteiger partial charge < -0.3 is 10.4 Å². The Morgan fingerprint density at radius 3 is 2.18 bits per heavy atom. The molecule has 0 atom stereocenters. The molecule has 0 aliphatic rings. The molecule has 0 bridgehead atoms. The van der Waals surface area contributed by atoms with Gasteiger partial charge >= 0.3 is 12.1 Å². The average molecular weight is 546 g/mol. The summed E-state index contributed by atoms with van der Waals surface area (Å²) in [6.45, 7) is -0.611. The van der Waals surface area contributed by atoms with Gasteiger partial charge in [-0.1, -0.05) is 18.2 Å². The van der Waals surface area contributed by atoms with Crippen molar-refractivity contribution >= 4 is 32.9 Å². The Balaban J connectivity index is 1.87. The predicted molar refractivity (Wildman–Crippen MR) is 128 cm³/mol. The maximum absolute atomic E-state index is 13.4. The summed E-state index contributed by atoms with van der Waals surface area (Å²) < 4.78 is 63.9. The number of hydrogen-bond donors (Lipinski definition) is 3. The zero-order valence-corrected chi connectivity index (χ0v) is 19.9. The lowest BCUT2D eigenvalue weighted by molar-refractivity contribution is -0.141. The highest BCUT2D eigenvalue weighted by Crippen LogP contribution is 2.30. The van der Waals surface area contributed by atoms with Gasteiger partial charge in [0.25, 0.3) is 5.91 Å². The number of fused-ring (bicyclic) bond motifs is 1. The van der Waals surface area contributed by atoms with E-state index in [0.717, 1.165) is 22.8 Å². The van der Waals surface area contributed by atoms with E-state index in [1.54, 1.807) is 6.07 Å². The Bertz CT molecular complexity index is 1740. The van der Waals surface area contributed by atoms with Crippen LogP contribution in [0.15, 0.2) is 76.4 Å². The first-order valence-corrected chi connectivity index (χ1v) is 12.2. The number of primary sulfonamides is 1. The fourth-order valence-electron chi connectivity index (χ4n) is 3.75. The molecule has 0 aliphatic heterocycles. The standard InChI is InChI=1S/C24H17F3N4O6S/c25-24(26,27)18-11-10-16-20(32)17(12-29-22(33)13-6-8-15(9-7-13)38(28,36)37)19(23(34)35)31(21(16)30-18)14-4-2-1-3-5-14/h1-11H,12H2,(H,29,33)(H,34,35)(H2,28,36,37). The van der Waals surface area contributed by atoms with Gasteiger partial charge in [-0.25, -0.2) is 23.3 Å². The molecule has 0 spiro atoms. The van der Waals surface area contributed by atoms with Crippen LogP contribution in [0, 0.1) is 0 Å². The second-order valence-corrected chi connectivity index (χ2v) is 9.51. The normalized spacial score (nSPS) is 11.9. The van der Waals surface area contributed by atoms with Gasteiger partial charge in [0.05, 0.1) is 15.8 Å². The minimum absolute atomic E-state index is 0.0186. The third-order valence-electron chi connectivity index (χ3n) is 5.49. The SMILES string of the molecule is NS(=O)(=O)c1ccc(C(=O)NCc2c(C(=O)O)n(-c3ccccc3)c3nc(C(F)(F)F)ccc3c2=O)cc1. The van der Waals surface area contributed by atoms with Crippen LogP contribution in [0.2, 0.25) is 0 Å². The van der Waals surface area contributed by atoms with Crippen molar-refractivity contribution in [2.75, 3.05) is 0 Å². The topological polar surface area (TPSA) is 161 Å². The highest BCUT2D eigenvalue weighted by atomic mass is 32.2. The van der Waals surface area contributed by atoms with E-state index in [1.807, 2.05) is 0 Å². The van der Waals surface area contributed by atoms with E-state index in [-0.39, 0.29) is 21.5 Å². The minimum atomic E-state index is -4.86. The van der Waals surface area contributed by atoms with Gasteiger partial charge in [0.2, 0.25) is 10.0 Å². The quantitative estimate of drug-likeness (QED) is 0.335. The number of pyridine rings is 2. The van der Waals surface area contributed by atoms with Crippen LogP contribution in [0.4, 0.5) is 13.2 Å². The number of aromatic nitrogens is 2. The van der Waals surface area contributed by atoms with Gasteiger partial charge in [-0.15, -0.1) is 0 Å². The number of benzene rings is 2. The minimum Gasteiger partial charge on any atom is -0.477 e. The summed E-state index contributed by atoms with van der Waals surface area (Å²) in [5.74, 6) is -2.42. The Morgan fingerprint density at radius 1 is 1.00 bits per heavy atom. The molecule has 2 aromatic heterocycles. The van der Waals surface area contributed by atoms with Gasteiger partial charge in [0.1, 0.15) is 17.0 Å². The first-order valence-electron chi connectivity index (χ1n) is 10.6. The summed E-state index contributed by atoms with van der Waals surface area (Å²) in [4.78, 5) is 41.6. The van der Waals surface area contributed by atoms with E-state index in [4.69, 9.17) is 5.14 Å². The molecule has 196 valence electrons. The molecule has 4 aromatic rings. The number of carbonyl (C=O) groups is 2. The highest BCUT2D eigenvalue weighted by Gasteiger charge is 2.34. The van der Waals surface area contributed by atoms with Crippen molar-refractivity contribution in [3.63, 3.8) is 0 Å². The van der Waals surface area contributed by atoms with Gasteiger partial charge in [0, 0.05) is 17.8 Å². The zero-order valence-electron chi connectivity index (χ0n) is 19.1. The van der Waals surface area contributed by atoms with Crippen molar-refractivity contribution in [3.8, 4) is 5.69 Å². The van der Waals surface area contributed by atoms with Crippen LogP contribution in [-0.2, 0) is 22.7 Å². The molecular formula is C24H17F3N4O6S. The molecule has 0 saturated heterocycles. The summed E-state index contributed by atoms with van der Waals surface area (Å²) in [5.41, 5.74) is -3.79. The van der Waals surface area contributed by atoms with Gasteiger partial charge in [0.15, 0.2) is 5.43 Å². The highest BCUT2D eigenvalue weighted by molar-refractivity contribution is 7.89. The van der Waals surface area contributed by atoms with E-state index in [2.05, 4.69) is 10.3 Å². The van der Waals surface area contributed by atoms with Crippen LogP contribution in [0.3, 0.4) is 0 Å². The van der Waals surface area contributed by atoms with Gasteiger partial charge in [-0.05, 0) is 48.5 Å². The number of nitrogens with one attached hydrogen (secondary N) is 1. The summed E-state index contributed by atoms with van der Waals surface area (Å²) in [6.07, 6.45) is -4.86. The lowest BCUT2D eigenvalue weighted by Gasteiger charge is -2.19. The number of alkyl halides is 3. The third kappa shape index (κ3) is 5.12. The molecule has 1 amide bonds. The van der Waals surface area contributed by atoms with Crippen LogP contribution < -0.4 is 15.9 Å². The predicted octanol–water partition coefficient (Wildman–Crippen LogP) is 2.68. The zero-order chi connectivity index (χ0) is 27.8. The maximum atomic E-state index is 13.4. The molecule has 4 N–H and O–H groups in total. The van der Waals surface area contributed by atoms with Crippen LogP contribution in [-0.4, -0.2) is 35.0 Å². The van der Waals surface area contributed by atoms with E-state index in [0.29, 0.717) is 6.07 Å². The van der Waals surface area contributed by atoms with Crippen LogP contribution >= 0.6 is 0 Å². The number of nitrogens with zero attached hydrogens (tertiary/aromatic N) is 2. The number of aromatic carboxylic acids is 1. The van der Waals surface area contributed by atoms with Crippen molar-refractivity contribution in [1.29, 1.82) is 0 Å². The molecule has 0 unspecified atom stereocenters. The molecule has 0 saturated carbocycles. The number of rotatable bonds is 6. The van der Waals surface area contributed by atoms with E-state index in [1.165, 1.54) is 36.4 Å². The molecular weight excluding hydrogens is 529 g/mol. The number of hydrogen-bond acceptors (Lipinski definition) is 6. The smallest absolute Gasteiger partial charge is 0.433 e. The molecule has 4 rings (SSSR count). The third-order valence-corrected chi connectivity index (χ3v) is 6.42. The largest absolute Gasteiger partial charge is 0.477 e. The molecule has 2 heterocycles. The first kappa shape index (κ1) is 26.5. The number of halogens is 3. The van der Waals surface area contributed by atoms with Crippen molar-refractivity contribution in [2.45, 2.75) is 17.6 Å². The summed E-state index contributed by atoms with van der Waals surface area (Å²) >= 11 is 0. The first-order chi connectivity index (χ1) is 17.8. The van der Waals surface area contributed by atoms with Gasteiger partial charge in [-0.2, -0.15) is 13.2 Å². The van der Waals surface area contributed by atoms with Crippen molar-refractivity contribution < 1.29 is 36.3 Å². The fourth-order valence-corrected chi connectivity index (χ4v) is 4.26. The number of amides is 1. The van der Waals surface area contributed by atoms with Crippen LogP contribution in [0.1, 0.15) is 32.1 Å². The average Bonchev–Trinajstić information content (AvgIpc) is 2.87. The van der Waals surface area contributed by atoms with E-state index < -0.39 is 62.6 Å². The maximum Gasteiger partial charge on any atom is 0.433 e. The molecule has 0 fully saturated rings. The molecule has 38 heavy (non-hydrogen) atoms. The number of carbonyl (C=O) groups excluding carboxylic acids is 1. The molecule has 0 aliphatic carbocycles. The molecule has 2 aromatic carbocycles. The fraction of sp³-hybridized carbons (Fsp3) is 0.0833.